The third kappa shape index (κ3) is 6.44. The lowest BCUT2D eigenvalue weighted by Crippen LogP contribution is -2.50. The van der Waals surface area contributed by atoms with Crippen molar-refractivity contribution in [3.63, 3.8) is 0 Å². The molecule has 1 unspecified atom stereocenters. The summed E-state index contributed by atoms with van der Waals surface area (Å²) in [4.78, 5) is 40.0. The molecule has 1 N–H and O–H groups in total. The summed E-state index contributed by atoms with van der Waals surface area (Å²) in [5.74, 6) is -1.26. The number of amides is 2. The van der Waals surface area contributed by atoms with Gasteiger partial charge in [0.15, 0.2) is 6.61 Å². The Morgan fingerprint density at radius 3 is 2.61 bits per heavy atom. The second kappa shape index (κ2) is 11.1. The number of esters is 1. The third-order valence-electron chi connectivity index (χ3n) is 5.24. The van der Waals surface area contributed by atoms with E-state index in [2.05, 4.69) is 5.32 Å². The quantitative estimate of drug-likeness (QED) is 0.455. The molecule has 180 valence electrons. The molecule has 2 heterocycles. The van der Waals surface area contributed by atoms with Crippen molar-refractivity contribution >= 4 is 46.7 Å². The first-order chi connectivity index (χ1) is 15.8. The van der Waals surface area contributed by atoms with Crippen LogP contribution in [0.4, 0.5) is 20.6 Å². The van der Waals surface area contributed by atoms with E-state index in [1.165, 1.54) is 17.9 Å². The standard InChI is InChI=1S/C21H27FN4O6S/c1-3-30-20(33)23-11-16-12-26(21(29)32-16)15-4-5-18(17(22)10-15)24-6-8-25(9-7-24)19(28)13-31-14(2)27/h4-5,10,16H,3,6-9,11-13H2,1-2H3,(H,23,33). The Morgan fingerprint density at radius 1 is 1.24 bits per heavy atom. The van der Waals surface area contributed by atoms with Crippen molar-refractivity contribution in [2.45, 2.75) is 20.0 Å². The number of nitrogens with zero attached hydrogens (tertiary/aromatic N) is 3. The highest BCUT2D eigenvalue weighted by Crippen LogP contribution is 2.28. The fourth-order valence-corrected chi connectivity index (χ4v) is 3.79. The van der Waals surface area contributed by atoms with Gasteiger partial charge in [0.25, 0.3) is 11.1 Å². The van der Waals surface area contributed by atoms with E-state index in [-0.39, 0.29) is 24.2 Å². The van der Waals surface area contributed by atoms with Gasteiger partial charge in [0.1, 0.15) is 11.9 Å². The molecule has 1 aromatic rings. The fraction of sp³-hybridized carbons (Fsp3) is 0.524. The van der Waals surface area contributed by atoms with E-state index in [1.54, 1.807) is 17.0 Å². The highest BCUT2D eigenvalue weighted by Gasteiger charge is 2.33. The maximum absolute atomic E-state index is 14.9. The number of halogens is 1. The number of carbonyl (C=O) groups excluding carboxylic acids is 3. The summed E-state index contributed by atoms with van der Waals surface area (Å²) in [5, 5.41) is 3.11. The number of ether oxygens (including phenoxy) is 3. The van der Waals surface area contributed by atoms with Crippen molar-refractivity contribution in [1.29, 1.82) is 0 Å². The average Bonchev–Trinajstić information content (AvgIpc) is 3.17. The molecule has 0 bridgehead atoms. The first kappa shape index (κ1) is 24.5. The highest BCUT2D eigenvalue weighted by atomic mass is 32.1. The van der Waals surface area contributed by atoms with Crippen LogP contribution in [0.5, 0.6) is 0 Å². The lowest BCUT2D eigenvalue weighted by molar-refractivity contribution is -0.150. The topological polar surface area (TPSA) is 101 Å². The van der Waals surface area contributed by atoms with Crippen molar-refractivity contribution in [2.24, 2.45) is 0 Å². The molecule has 10 nitrogen and oxygen atoms in total. The van der Waals surface area contributed by atoms with Crippen LogP contribution in [-0.4, -0.2) is 86.6 Å². The summed E-state index contributed by atoms with van der Waals surface area (Å²) in [7, 11) is 0. The Balaban J connectivity index is 1.55. The minimum absolute atomic E-state index is 0.232. The van der Waals surface area contributed by atoms with Crippen molar-refractivity contribution in [3.8, 4) is 0 Å². The summed E-state index contributed by atoms with van der Waals surface area (Å²) in [6, 6.07) is 4.58. The molecule has 3 rings (SSSR count). The maximum atomic E-state index is 14.9. The zero-order chi connectivity index (χ0) is 24.0. The van der Waals surface area contributed by atoms with Gasteiger partial charge < -0.3 is 29.3 Å². The van der Waals surface area contributed by atoms with Crippen LogP contribution >= 0.6 is 12.2 Å². The Kier molecular flexibility index (Phi) is 8.26. The zero-order valence-electron chi connectivity index (χ0n) is 18.5. The Morgan fingerprint density at radius 2 is 1.97 bits per heavy atom. The lowest BCUT2D eigenvalue weighted by atomic mass is 10.2. The van der Waals surface area contributed by atoms with Gasteiger partial charge in [-0.05, 0) is 37.3 Å². The van der Waals surface area contributed by atoms with E-state index in [0.29, 0.717) is 50.7 Å². The van der Waals surface area contributed by atoms with E-state index in [0.717, 1.165) is 0 Å². The van der Waals surface area contributed by atoms with Gasteiger partial charge in [-0.3, -0.25) is 14.5 Å². The van der Waals surface area contributed by atoms with Crippen molar-refractivity contribution in [1.82, 2.24) is 10.2 Å². The van der Waals surface area contributed by atoms with Crippen molar-refractivity contribution in [3.05, 3.63) is 24.0 Å². The van der Waals surface area contributed by atoms with Crippen LogP contribution in [0.3, 0.4) is 0 Å². The van der Waals surface area contributed by atoms with Crippen molar-refractivity contribution in [2.75, 3.05) is 62.3 Å². The summed E-state index contributed by atoms with van der Waals surface area (Å²) in [6.07, 6.45) is -1.01. The minimum atomic E-state index is -0.559. The monoisotopic (exact) mass is 482 g/mol. The first-order valence-electron chi connectivity index (χ1n) is 10.6. The number of anilines is 2. The number of hydrogen-bond donors (Lipinski definition) is 1. The molecule has 12 heteroatoms. The van der Waals surface area contributed by atoms with Crippen LogP contribution < -0.4 is 15.1 Å². The molecule has 1 atom stereocenters. The fourth-order valence-electron chi connectivity index (χ4n) is 3.59. The van der Waals surface area contributed by atoms with Crippen LogP contribution in [0.15, 0.2) is 18.2 Å². The summed E-state index contributed by atoms with van der Waals surface area (Å²) < 4.78 is 30.1. The molecule has 2 fully saturated rings. The van der Waals surface area contributed by atoms with E-state index < -0.39 is 24.0 Å². The minimum Gasteiger partial charge on any atom is -0.471 e. The molecule has 0 saturated carbocycles. The molecule has 0 spiro atoms. The predicted octanol–water partition coefficient (Wildman–Crippen LogP) is 1.27. The van der Waals surface area contributed by atoms with Crippen LogP contribution in [0.1, 0.15) is 13.8 Å². The second-order valence-corrected chi connectivity index (χ2v) is 7.87. The molecular weight excluding hydrogens is 455 g/mol. The number of benzene rings is 1. The molecule has 0 aromatic heterocycles. The van der Waals surface area contributed by atoms with E-state index >= 15 is 0 Å². The van der Waals surface area contributed by atoms with E-state index in [9.17, 15) is 18.8 Å². The molecule has 2 aliphatic heterocycles. The predicted molar refractivity (Wildman–Crippen MR) is 122 cm³/mol. The summed E-state index contributed by atoms with van der Waals surface area (Å²) in [5.41, 5.74) is 0.782. The summed E-state index contributed by atoms with van der Waals surface area (Å²) in [6.45, 7) is 5.39. The van der Waals surface area contributed by atoms with Gasteiger partial charge in [-0.1, -0.05) is 0 Å². The van der Waals surface area contributed by atoms with Gasteiger partial charge in [0, 0.05) is 33.1 Å². The van der Waals surface area contributed by atoms with Crippen LogP contribution in [-0.2, 0) is 23.8 Å². The van der Waals surface area contributed by atoms with Crippen molar-refractivity contribution < 1.29 is 33.0 Å². The van der Waals surface area contributed by atoms with Gasteiger partial charge in [0.05, 0.1) is 31.1 Å². The maximum Gasteiger partial charge on any atom is 0.414 e. The van der Waals surface area contributed by atoms with Gasteiger partial charge in [-0.25, -0.2) is 9.18 Å². The number of carbonyl (C=O) groups is 3. The third-order valence-corrected chi connectivity index (χ3v) is 5.50. The number of piperazine rings is 1. The number of thiocarbonyl (C=S) groups is 1. The van der Waals surface area contributed by atoms with Gasteiger partial charge in [0.2, 0.25) is 0 Å². The van der Waals surface area contributed by atoms with Crippen LogP contribution in [0.25, 0.3) is 0 Å². The Labute approximate surface area is 196 Å². The molecule has 0 radical (unpaired) electrons. The van der Waals surface area contributed by atoms with E-state index in [4.69, 9.17) is 26.4 Å². The largest absolute Gasteiger partial charge is 0.471 e. The lowest BCUT2D eigenvalue weighted by Gasteiger charge is -2.36. The first-order valence-corrected chi connectivity index (χ1v) is 11.0. The second-order valence-electron chi connectivity index (χ2n) is 7.50. The van der Waals surface area contributed by atoms with Gasteiger partial charge in [-0.15, -0.1) is 0 Å². The normalized spacial score (nSPS) is 18.1. The number of nitrogens with one attached hydrogen (secondary N) is 1. The molecule has 1 aromatic carbocycles. The molecule has 2 amide bonds. The molecule has 2 saturated heterocycles. The molecular formula is C21H27FN4O6S. The molecule has 33 heavy (non-hydrogen) atoms. The highest BCUT2D eigenvalue weighted by molar-refractivity contribution is 7.80. The molecule has 2 aliphatic rings. The average molecular weight is 483 g/mol. The number of hydrogen-bond acceptors (Lipinski definition) is 8. The van der Waals surface area contributed by atoms with Gasteiger partial charge >= 0.3 is 12.1 Å². The molecule has 0 aliphatic carbocycles. The SMILES string of the molecule is CCOC(=S)NCC1CN(c2ccc(N3CCN(C(=O)COC(C)=O)CC3)c(F)c2)C(=O)O1. The smallest absolute Gasteiger partial charge is 0.414 e. The number of rotatable bonds is 7. The Bertz CT molecular complexity index is 909. The van der Waals surface area contributed by atoms with E-state index in [1.807, 2.05) is 11.8 Å². The zero-order valence-corrected chi connectivity index (χ0v) is 19.4. The number of cyclic esters (lactones) is 1. The Hall–Kier alpha value is -3.15. The summed E-state index contributed by atoms with van der Waals surface area (Å²) >= 11 is 5.00. The van der Waals surface area contributed by atoms with Gasteiger partial charge in [-0.2, -0.15) is 0 Å². The van der Waals surface area contributed by atoms with Crippen LogP contribution in [0, 0.1) is 5.82 Å². The van der Waals surface area contributed by atoms with Crippen LogP contribution in [0.2, 0.25) is 0 Å².